The van der Waals surface area contributed by atoms with Gasteiger partial charge >= 0.3 is 0 Å². The molecule has 0 N–H and O–H groups in total. The zero-order valence-corrected chi connectivity index (χ0v) is 26.6. The minimum absolute atomic E-state index is 0.00909. The average Bonchev–Trinajstić information content (AvgIpc) is 3.60. The van der Waals surface area contributed by atoms with Crippen LogP contribution in [-0.2, 0) is 5.41 Å². The number of ketones is 1. The number of benzene rings is 6. The van der Waals surface area contributed by atoms with Crippen molar-refractivity contribution in [3.05, 3.63) is 168 Å². The summed E-state index contributed by atoms with van der Waals surface area (Å²) in [6.07, 6.45) is 0. The zero-order chi connectivity index (χ0) is 32.4. The lowest BCUT2D eigenvalue weighted by Crippen LogP contribution is -2.17. The maximum Gasteiger partial charge on any atom is 0.238 e. The lowest BCUT2D eigenvalue weighted by Gasteiger charge is -2.23. The molecule has 0 saturated heterocycles. The molecule has 0 aliphatic heterocycles. The molecular formula is C43H30N4O. The first kappa shape index (κ1) is 28.1. The van der Waals surface area contributed by atoms with Crippen molar-refractivity contribution in [1.29, 1.82) is 0 Å². The summed E-state index contributed by atoms with van der Waals surface area (Å²) in [6, 6.07) is 48.6. The second-order valence-electron chi connectivity index (χ2n) is 12.8. The molecule has 0 radical (unpaired) electrons. The van der Waals surface area contributed by atoms with Crippen molar-refractivity contribution in [3.63, 3.8) is 0 Å². The Morgan fingerprint density at radius 2 is 1.17 bits per heavy atom. The highest BCUT2D eigenvalue weighted by molar-refractivity contribution is 6.17. The summed E-state index contributed by atoms with van der Waals surface area (Å²) in [5.41, 5.74) is 9.74. The minimum atomic E-state index is -0.294. The molecule has 9 rings (SSSR count). The van der Waals surface area contributed by atoms with Crippen molar-refractivity contribution in [2.75, 3.05) is 0 Å². The number of fused-ring (bicyclic) bond motifs is 7. The van der Waals surface area contributed by atoms with Crippen LogP contribution in [0.25, 0.3) is 61.7 Å². The molecule has 1 aliphatic carbocycles. The van der Waals surface area contributed by atoms with Crippen LogP contribution < -0.4 is 0 Å². The molecule has 0 spiro atoms. The summed E-state index contributed by atoms with van der Waals surface area (Å²) >= 11 is 0. The van der Waals surface area contributed by atoms with Gasteiger partial charge in [-0.25, -0.2) is 4.98 Å². The Labute approximate surface area is 278 Å². The van der Waals surface area contributed by atoms with Crippen LogP contribution in [-0.4, -0.2) is 25.3 Å². The van der Waals surface area contributed by atoms with Crippen molar-refractivity contribution in [1.82, 2.24) is 19.5 Å². The van der Waals surface area contributed by atoms with Gasteiger partial charge in [0, 0.05) is 38.4 Å². The Balaban J connectivity index is 1.39. The fraction of sp³-hybridized carbons (Fsp3) is 0.0698. The third kappa shape index (κ3) is 4.25. The Hall–Kier alpha value is -6.20. The van der Waals surface area contributed by atoms with E-state index in [2.05, 4.69) is 54.8 Å². The number of aromatic nitrogens is 4. The van der Waals surface area contributed by atoms with Crippen LogP contribution in [0.4, 0.5) is 0 Å². The molecule has 6 aromatic carbocycles. The lowest BCUT2D eigenvalue weighted by atomic mass is 9.81. The number of hydrogen-bond acceptors (Lipinski definition) is 4. The van der Waals surface area contributed by atoms with Crippen LogP contribution in [0.5, 0.6) is 0 Å². The van der Waals surface area contributed by atoms with Crippen LogP contribution >= 0.6 is 0 Å². The Morgan fingerprint density at radius 1 is 0.562 bits per heavy atom. The molecule has 2 aromatic heterocycles. The van der Waals surface area contributed by atoms with Gasteiger partial charge in [0.25, 0.3) is 0 Å². The average molecular weight is 619 g/mol. The van der Waals surface area contributed by atoms with E-state index in [9.17, 15) is 4.79 Å². The van der Waals surface area contributed by atoms with Gasteiger partial charge in [-0.15, -0.1) is 0 Å². The first-order chi connectivity index (χ1) is 23.5. The summed E-state index contributed by atoms with van der Waals surface area (Å²) in [4.78, 5) is 29.0. The van der Waals surface area contributed by atoms with Crippen molar-refractivity contribution in [2.45, 2.75) is 19.3 Å². The molecule has 8 aromatic rings. The van der Waals surface area contributed by atoms with Crippen molar-refractivity contribution in [3.8, 4) is 39.9 Å². The van der Waals surface area contributed by atoms with Gasteiger partial charge in [-0.05, 0) is 40.5 Å². The number of rotatable bonds is 5. The predicted octanol–water partition coefficient (Wildman–Crippen LogP) is 9.84. The highest BCUT2D eigenvalue weighted by atomic mass is 16.1. The normalized spacial score (nSPS) is 13.0. The third-order valence-corrected chi connectivity index (χ3v) is 9.63. The second-order valence-corrected chi connectivity index (χ2v) is 12.8. The topological polar surface area (TPSA) is 60.7 Å². The molecule has 0 unspecified atom stereocenters. The fourth-order valence-electron chi connectivity index (χ4n) is 7.37. The highest BCUT2D eigenvalue weighted by Crippen LogP contribution is 2.52. The van der Waals surface area contributed by atoms with E-state index in [0.717, 1.165) is 32.9 Å². The molecule has 0 fully saturated rings. The summed E-state index contributed by atoms with van der Waals surface area (Å²) in [6.45, 7) is 4.59. The quantitative estimate of drug-likeness (QED) is 0.180. The van der Waals surface area contributed by atoms with E-state index in [1.54, 1.807) is 0 Å². The van der Waals surface area contributed by atoms with Gasteiger partial charge in [-0.3, -0.25) is 9.36 Å². The molecule has 1 aliphatic rings. The Kier molecular flexibility index (Phi) is 6.24. The number of nitrogens with zero attached hydrogens (tertiary/aromatic N) is 4. The molecule has 0 bridgehead atoms. The number of carbonyl (C=O) groups excluding carboxylic acids is 1. The smallest absolute Gasteiger partial charge is 0.238 e. The highest BCUT2D eigenvalue weighted by Gasteiger charge is 2.38. The van der Waals surface area contributed by atoms with Crippen LogP contribution in [0.1, 0.15) is 40.9 Å². The largest absolute Gasteiger partial charge is 0.289 e. The van der Waals surface area contributed by atoms with Gasteiger partial charge < -0.3 is 0 Å². The SMILES string of the molecule is CC1(C)c2ccccc2-c2ccc3c4cc(C(=O)c5ccccc5)ccc4n(-c4nc(-c5ccccc5)nc(-c5ccccc5)n4)c3c21. The summed E-state index contributed by atoms with van der Waals surface area (Å²) in [5, 5.41) is 2.03. The molecule has 0 atom stereocenters. The van der Waals surface area contributed by atoms with Gasteiger partial charge in [0.05, 0.1) is 11.0 Å². The fourth-order valence-corrected chi connectivity index (χ4v) is 7.37. The lowest BCUT2D eigenvalue weighted by molar-refractivity contribution is 0.103. The maximum absolute atomic E-state index is 13.7. The molecule has 5 nitrogen and oxygen atoms in total. The van der Waals surface area contributed by atoms with Gasteiger partial charge in [0.1, 0.15) is 0 Å². The summed E-state index contributed by atoms with van der Waals surface area (Å²) in [5.74, 6) is 1.72. The Morgan fingerprint density at radius 3 is 1.83 bits per heavy atom. The van der Waals surface area contributed by atoms with E-state index in [1.807, 2.05) is 109 Å². The minimum Gasteiger partial charge on any atom is -0.289 e. The van der Waals surface area contributed by atoms with E-state index >= 15 is 0 Å². The van der Waals surface area contributed by atoms with Gasteiger partial charge in [-0.2, -0.15) is 9.97 Å². The second kappa shape index (κ2) is 10.7. The molecule has 228 valence electrons. The first-order valence-electron chi connectivity index (χ1n) is 16.2. The van der Waals surface area contributed by atoms with Gasteiger partial charge in [0.2, 0.25) is 5.95 Å². The van der Waals surface area contributed by atoms with Gasteiger partial charge in [0.15, 0.2) is 17.4 Å². The maximum atomic E-state index is 13.7. The molecule has 48 heavy (non-hydrogen) atoms. The van der Waals surface area contributed by atoms with Crippen LogP contribution in [0, 0.1) is 0 Å². The predicted molar refractivity (Wildman–Crippen MR) is 192 cm³/mol. The van der Waals surface area contributed by atoms with Crippen LogP contribution in [0.3, 0.4) is 0 Å². The summed E-state index contributed by atoms with van der Waals surface area (Å²) in [7, 11) is 0. The van der Waals surface area contributed by atoms with E-state index in [4.69, 9.17) is 15.0 Å². The van der Waals surface area contributed by atoms with Crippen LogP contribution in [0.2, 0.25) is 0 Å². The standard InChI is InChI=1S/C43H30N4O/c1-43(2)35-21-13-12-20-31(35)32-23-24-33-34-26-30(39(48)27-14-6-3-7-15-27)22-25-36(34)47(38(33)37(32)43)42-45-40(28-16-8-4-9-17-28)44-41(46-42)29-18-10-5-11-19-29/h3-26H,1-2H3. The molecule has 2 heterocycles. The van der Waals surface area contributed by atoms with Crippen molar-refractivity contribution >= 4 is 27.6 Å². The monoisotopic (exact) mass is 618 g/mol. The zero-order valence-electron chi connectivity index (χ0n) is 26.6. The van der Waals surface area contributed by atoms with Gasteiger partial charge in [-0.1, -0.05) is 141 Å². The van der Waals surface area contributed by atoms with E-state index in [0.29, 0.717) is 28.7 Å². The van der Waals surface area contributed by atoms with E-state index < -0.39 is 0 Å². The summed E-state index contributed by atoms with van der Waals surface area (Å²) < 4.78 is 2.19. The van der Waals surface area contributed by atoms with Crippen LogP contribution in [0.15, 0.2) is 146 Å². The van der Waals surface area contributed by atoms with E-state index in [1.165, 1.54) is 22.3 Å². The Bertz CT molecular complexity index is 2480. The first-order valence-corrected chi connectivity index (χ1v) is 16.2. The molecule has 0 amide bonds. The third-order valence-electron chi connectivity index (χ3n) is 9.63. The number of hydrogen-bond donors (Lipinski definition) is 0. The van der Waals surface area contributed by atoms with Crippen molar-refractivity contribution < 1.29 is 4.79 Å². The number of carbonyl (C=O) groups is 1. The molecular weight excluding hydrogens is 589 g/mol. The van der Waals surface area contributed by atoms with Crippen molar-refractivity contribution in [2.24, 2.45) is 0 Å². The molecule has 0 saturated carbocycles. The van der Waals surface area contributed by atoms with E-state index in [-0.39, 0.29) is 11.2 Å². The molecule has 5 heteroatoms.